The molecule has 2 aromatic rings. The van der Waals surface area contributed by atoms with E-state index in [1.165, 1.54) is 0 Å². The van der Waals surface area contributed by atoms with Crippen molar-refractivity contribution in [1.82, 2.24) is 25.0 Å². The number of urea groups is 1. The Morgan fingerprint density at radius 2 is 2.25 bits per heavy atom. The van der Waals surface area contributed by atoms with Gasteiger partial charge >= 0.3 is 6.03 Å². The van der Waals surface area contributed by atoms with Gasteiger partial charge in [-0.2, -0.15) is 0 Å². The molecule has 0 aromatic carbocycles. The highest BCUT2D eigenvalue weighted by molar-refractivity contribution is 5.75. The van der Waals surface area contributed by atoms with E-state index in [1.54, 1.807) is 11.2 Å². The fourth-order valence-corrected chi connectivity index (χ4v) is 3.01. The molecule has 130 valence electrons. The van der Waals surface area contributed by atoms with Gasteiger partial charge in [-0.05, 0) is 26.8 Å². The Balaban J connectivity index is 1.64. The van der Waals surface area contributed by atoms with Crippen LogP contribution in [0, 0.1) is 13.8 Å². The molecular weight excluding hydrogens is 310 g/mol. The van der Waals surface area contributed by atoms with Crippen LogP contribution in [0.25, 0.3) is 0 Å². The lowest BCUT2D eigenvalue weighted by Gasteiger charge is -2.33. The van der Waals surface area contributed by atoms with Crippen molar-refractivity contribution in [2.75, 3.05) is 19.7 Å². The normalized spacial score (nSPS) is 19.3. The minimum absolute atomic E-state index is 0.115. The van der Waals surface area contributed by atoms with Crippen molar-refractivity contribution in [3.8, 4) is 0 Å². The van der Waals surface area contributed by atoms with Crippen molar-refractivity contribution >= 4 is 6.03 Å². The van der Waals surface area contributed by atoms with Crippen LogP contribution in [-0.2, 0) is 11.8 Å². The zero-order chi connectivity index (χ0) is 17.3. The molecule has 0 saturated carbocycles. The molecule has 3 rings (SSSR count). The summed E-state index contributed by atoms with van der Waals surface area (Å²) >= 11 is 0. The molecular formula is C16H23N5O3. The summed E-state index contributed by atoms with van der Waals surface area (Å²) in [6.07, 6.45) is 1.37. The van der Waals surface area contributed by atoms with Crippen LogP contribution in [0.3, 0.4) is 0 Å². The minimum atomic E-state index is -0.259. The molecule has 0 radical (unpaired) electrons. The largest absolute Gasteiger partial charge is 0.466 e. The van der Waals surface area contributed by atoms with Crippen LogP contribution in [0.1, 0.15) is 42.0 Å². The third-order valence-electron chi connectivity index (χ3n) is 4.27. The molecule has 1 fully saturated rings. The summed E-state index contributed by atoms with van der Waals surface area (Å²) in [4.78, 5) is 14.3. The number of rotatable bonds is 3. The Kier molecular flexibility index (Phi) is 4.57. The highest BCUT2D eigenvalue weighted by Gasteiger charge is 2.29. The van der Waals surface area contributed by atoms with Gasteiger partial charge in [0.15, 0.2) is 5.82 Å². The van der Waals surface area contributed by atoms with Gasteiger partial charge in [-0.3, -0.25) is 0 Å². The van der Waals surface area contributed by atoms with Gasteiger partial charge in [0.1, 0.15) is 24.0 Å². The maximum absolute atomic E-state index is 12.6. The number of aromatic nitrogens is 3. The molecule has 1 N–H and O–H groups in total. The number of aryl methyl sites for hydroxylation is 3. The lowest BCUT2D eigenvalue weighted by molar-refractivity contribution is -0.0217. The summed E-state index contributed by atoms with van der Waals surface area (Å²) in [5.41, 5.74) is 0.999. The number of carbonyl (C=O) groups excluding carboxylic acids is 1. The number of carbonyl (C=O) groups is 1. The first-order valence-corrected chi connectivity index (χ1v) is 8.03. The minimum Gasteiger partial charge on any atom is -0.466 e. The smallest absolute Gasteiger partial charge is 0.318 e. The maximum atomic E-state index is 12.6. The van der Waals surface area contributed by atoms with Crippen LogP contribution in [-0.4, -0.2) is 45.4 Å². The number of furan rings is 1. The van der Waals surface area contributed by atoms with E-state index in [9.17, 15) is 4.79 Å². The predicted octanol–water partition coefficient (Wildman–Crippen LogP) is 1.87. The number of nitrogens with zero attached hydrogens (tertiary/aromatic N) is 4. The molecule has 1 saturated heterocycles. The van der Waals surface area contributed by atoms with Gasteiger partial charge in [-0.1, -0.05) is 0 Å². The summed E-state index contributed by atoms with van der Waals surface area (Å²) in [5.74, 6) is 2.40. The van der Waals surface area contributed by atoms with Gasteiger partial charge < -0.3 is 23.9 Å². The summed E-state index contributed by atoms with van der Waals surface area (Å²) < 4.78 is 13.1. The Labute approximate surface area is 140 Å². The predicted molar refractivity (Wildman–Crippen MR) is 86.4 cm³/mol. The quantitative estimate of drug-likeness (QED) is 0.927. The molecule has 8 nitrogen and oxygen atoms in total. The fraction of sp³-hybridized carbons (Fsp3) is 0.562. The Morgan fingerprint density at radius 1 is 1.46 bits per heavy atom. The molecule has 0 bridgehead atoms. The number of morpholine rings is 1. The summed E-state index contributed by atoms with van der Waals surface area (Å²) in [7, 11) is 1.86. The van der Waals surface area contributed by atoms with Crippen molar-refractivity contribution in [2.45, 2.75) is 32.9 Å². The monoisotopic (exact) mass is 333 g/mol. The second-order valence-electron chi connectivity index (χ2n) is 6.15. The average Bonchev–Trinajstić information content (AvgIpc) is 3.12. The molecule has 0 unspecified atom stereocenters. The van der Waals surface area contributed by atoms with E-state index < -0.39 is 0 Å². The van der Waals surface area contributed by atoms with E-state index in [-0.39, 0.29) is 18.2 Å². The van der Waals surface area contributed by atoms with Crippen molar-refractivity contribution in [3.05, 3.63) is 35.3 Å². The molecule has 8 heteroatoms. The molecule has 2 aromatic heterocycles. The Morgan fingerprint density at radius 3 is 2.88 bits per heavy atom. The summed E-state index contributed by atoms with van der Waals surface area (Å²) in [6, 6.07) is 1.73. The molecule has 0 spiro atoms. The number of hydrogen-bond acceptors (Lipinski definition) is 5. The first-order valence-electron chi connectivity index (χ1n) is 8.03. The van der Waals surface area contributed by atoms with Gasteiger partial charge in [-0.25, -0.2) is 4.79 Å². The van der Waals surface area contributed by atoms with Crippen molar-refractivity contribution in [1.29, 1.82) is 0 Å². The zero-order valence-corrected chi connectivity index (χ0v) is 14.4. The topological polar surface area (TPSA) is 85.4 Å². The molecule has 2 amide bonds. The van der Waals surface area contributed by atoms with Crippen LogP contribution in [0.15, 0.2) is 16.8 Å². The van der Waals surface area contributed by atoms with Gasteiger partial charge in [0, 0.05) is 19.2 Å². The highest BCUT2D eigenvalue weighted by atomic mass is 16.5. The fourth-order valence-electron chi connectivity index (χ4n) is 3.01. The van der Waals surface area contributed by atoms with Gasteiger partial charge in [0.05, 0.1) is 19.2 Å². The van der Waals surface area contributed by atoms with E-state index in [0.717, 1.165) is 22.9 Å². The van der Waals surface area contributed by atoms with E-state index in [4.69, 9.17) is 9.15 Å². The molecule has 1 aliphatic heterocycles. The van der Waals surface area contributed by atoms with Crippen LogP contribution in [0.2, 0.25) is 0 Å². The van der Waals surface area contributed by atoms with E-state index in [1.807, 2.05) is 38.5 Å². The number of hydrogen-bond donors (Lipinski definition) is 1. The second kappa shape index (κ2) is 6.64. The molecule has 0 aliphatic carbocycles. The first-order chi connectivity index (χ1) is 11.5. The van der Waals surface area contributed by atoms with Gasteiger partial charge in [0.2, 0.25) is 0 Å². The van der Waals surface area contributed by atoms with Gasteiger partial charge in [0.25, 0.3) is 0 Å². The molecule has 2 atom stereocenters. The van der Waals surface area contributed by atoms with E-state index >= 15 is 0 Å². The van der Waals surface area contributed by atoms with E-state index in [0.29, 0.717) is 19.7 Å². The summed E-state index contributed by atoms with van der Waals surface area (Å²) in [5, 5.41) is 11.0. The van der Waals surface area contributed by atoms with Crippen molar-refractivity contribution in [2.24, 2.45) is 7.05 Å². The molecule has 1 aliphatic rings. The number of ether oxygens (including phenoxy) is 1. The standard InChI is InChI=1S/C16H23N5O3/c1-10-7-13(12(3)24-10)11(2)18-16(22)21-5-6-23-14(8-21)15-19-17-9-20(15)4/h7,9,11,14H,5-6,8H2,1-4H3,(H,18,22)/t11-,14+/m1/s1. The van der Waals surface area contributed by atoms with Crippen LogP contribution in [0.5, 0.6) is 0 Å². The second-order valence-corrected chi connectivity index (χ2v) is 6.15. The molecule has 3 heterocycles. The maximum Gasteiger partial charge on any atom is 0.318 e. The van der Waals surface area contributed by atoms with Crippen molar-refractivity contribution in [3.63, 3.8) is 0 Å². The SMILES string of the molecule is Cc1cc([C@@H](C)NC(=O)N2CCO[C@H](c3nncn3C)C2)c(C)o1. The van der Waals surface area contributed by atoms with Gasteiger partial charge in [-0.15, -0.1) is 10.2 Å². The average molecular weight is 333 g/mol. The lowest BCUT2D eigenvalue weighted by Crippen LogP contribution is -2.48. The van der Waals surface area contributed by atoms with Crippen molar-refractivity contribution < 1.29 is 13.9 Å². The Bertz CT molecular complexity index is 723. The number of nitrogens with one attached hydrogen (secondary N) is 1. The van der Waals surface area contributed by atoms with Crippen LogP contribution >= 0.6 is 0 Å². The first kappa shape index (κ1) is 16.5. The third-order valence-corrected chi connectivity index (χ3v) is 4.27. The third kappa shape index (κ3) is 3.28. The Hall–Kier alpha value is -2.35. The van der Waals surface area contributed by atoms with E-state index in [2.05, 4.69) is 15.5 Å². The van der Waals surface area contributed by atoms with Crippen LogP contribution < -0.4 is 5.32 Å². The molecule has 24 heavy (non-hydrogen) atoms. The lowest BCUT2D eigenvalue weighted by atomic mass is 10.1. The van der Waals surface area contributed by atoms with Crippen LogP contribution in [0.4, 0.5) is 4.79 Å². The number of amides is 2. The highest BCUT2D eigenvalue weighted by Crippen LogP contribution is 2.23. The zero-order valence-electron chi connectivity index (χ0n) is 14.4. The summed E-state index contributed by atoms with van der Waals surface area (Å²) in [6.45, 7) is 7.24.